The Labute approximate surface area is 142 Å². The van der Waals surface area contributed by atoms with Crippen molar-refractivity contribution in [3.05, 3.63) is 33.8 Å². The van der Waals surface area contributed by atoms with Gasteiger partial charge in [0.1, 0.15) is 21.8 Å². The average Bonchev–Trinajstić information content (AvgIpc) is 3.16. The minimum atomic E-state index is -0.218. The van der Waals surface area contributed by atoms with Gasteiger partial charge in [-0.3, -0.25) is 4.79 Å². The predicted octanol–water partition coefficient (Wildman–Crippen LogP) is 1.93. The van der Waals surface area contributed by atoms with Crippen LogP contribution in [-0.2, 0) is 19.5 Å². The molecule has 0 fully saturated rings. The number of carbonyl (C=O) groups is 1. The van der Waals surface area contributed by atoms with E-state index in [1.807, 2.05) is 0 Å². The lowest BCUT2D eigenvalue weighted by Crippen LogP contribution is -2.24. The number of nitrogens with one attached hydrogen (secondary N) is 1. The van der Waals surface area contributed by atoms with Gasteiger partial charge < -0.3 is 19.4 Å². The molecular formula is C15H17BrN4O3. The number of nitrogens with zero attached hydrogens (tertiary/aromatic N) is 3. The van der Waals surface area contributed by atoms with Gasteiger partial charge in [-0.2, -0.15) is 0 Å². The fourth-order valence-electron chi connectivity index (χ4n) is 2.60. The molecule has 8 heteroatoms. The van der Waals surface area contributed by atoms with Gasteiger partial charge >= 0.3 is 0 Å². The van der Waals surface area contributed by atoms with E-state index in [2.05, 4.69) is 36.0 Å². The summed E-state index contributed by atoms with van der Waals surface area (Å²) in [5.74, 6) is 2.63. The van der Waals surface area contributed by atoms with Crippen LogP contribution < -0.4 is 14.8 Å². The summed E-state index contributed by atoms with van der Waals surface area (Å²) in [6, 6.07) is 3.33. The summed E-state index contributed by atoms with van der Waals surface area (Å²) in [6.45, 7) is 1.25. The minimum absolute atomic E-state index is 0.218. The summed E-state index contributed by atoms with van der Waals surface area (Å²) in [5, 5.41) is 11.1. The molecule has 1 amide bonds. The van der Waals surface area contributed by atoms with Gasteiger partial charge in [0.2, 0.25) is 0 Å². The molecule has 2 heterocycles. The zero-order valence-electron chi connectivity index (χ0n) is 12.9. The Kier molecular flexibility index (Phi) is 4.51. The van der Waals surface area contributed by atoms with Crippen molar-refractivity contribution in [1.29, 1.82) is 0 Å². The van der Waals surface area contributed by atoms with E-state index >= 15 is 0 Å². The highest BCUT2D eigenvalue weighted by Gasteiger charge is 2.19. The molecule has 0 saturated carbocycles. The zero-order chi connectivity index (χ0) is 16.4. The molecule has 1 aromatic heterocycles. The number of methoxy groups -OCH3 is 2. The van der Waals surface area contributed by atoms with Crippen molar-refractivity contribution >= 4 is 21.8 Å². The van der Waals surface area contributed by atoms with Crippen LogP contribution in [-0.4, -0.2) is 34.9 Å². The van der Waals surface area contributed by atoms with E-state index in [4.69, 9.17) is 9.47 Å². The standard InChI is InChI=1S/C15H17BrN4O3/c1-22-10-6-9(7-11(23-2)14(10)16)15(21)17-8-13-19-18-12-4-3-5-20(12)13/h6-7H,3-5,8H2,1-2H3,(H,17,21). The number of benzene rings is 1. The number of rotatable bonds is 5. The molecule has 0 spiro atoms. The molecule has 1 aliphatic heterocycles. The number of halogens is 1. The zero-order valence-corrected chi connectivity index (χ0v) is 14.5. The maximum absolute atomic E-state index is 12.4. The van der Waals surface area contributed by atoms with E-state index in [0.717, 1.165) is 31.0 Å². The number of hydrogen-bond acceptors (Lipinski definition) is 5. The van der Waals surface area contributed by atoms with Gasteiger partial charge in [0.15, 0.2) is 5.82 Å². The Morgan fingerprint density at radius 2 is 2.00 bits per heavy atom. The molecule has 0 bridgehead atoms. The van der Waals surface area contributed by atoms with Gasteiger partial charge in [-0.15, -0.1) is 10.2 Å². The monoisotopic (exact) mass is 380 g/mol. The van der Waals surface area contributed by atoms with E-state index in [1.54, 1.807) is 26.4 Å². The molecule has 0 saturated heterocycles. The number of fused-ring (bicyclic) bond motifs is 1. The first-order chi connectivity index (χ1) is 11.1. The second kappa shape index (κ2) is 6.57. The first-order valence-corrected chi connectivity index (χ1v) is 8.04. The van der Waals surface area contributed by atoms with Crippen LogP contribution >= 0.6 is 15.9 Å². The molecule has 122 valence electrons. The fourth-order valence-corrected chi connectivity index (χ4v) is 3.16. The van der Waals surface area contributed by atoms with Gasteiger partial charge in [-0.05, 0) is 34.5 Å². The second-order valence-corrected chi connectivity index (χ2v) is 5.96. The lowest BCUT2D eigenvalue weighted by atomic mass is 10.2. The second-order valence-electron chi connectivity index (χ2n) is 5.17. The molecule has 23 heavy (non-hydrogen) atoms. The Balaban J connectivity index is 1.75. The molecular weight excluding hydrogens is 364 g/mol. The van der Waals surface area contributed by atoms with E-state index in [1.165, 1.54) is 0 Å². The normalized spacial score (nSPS) is 12.8. The van der Waals surface area contributed by atoms with Gasteiger partial charge in [-0.1, -0.05) is 0 Å². The minimum Gasteiger partial charge on any atom is -0.495 e. The smallest absolute Gasteiger partial charge is 0.251 e. The highest BCUT2D eigenvalue weighted by Crippen LogP contribution is 2.35. The van der Waals surface area contributed by atoms with Crippen LogP contribution in [0.3, 0.4) is 0 Å². The summed E-state index contributed by atoms with van der Waals surface area (Å²) in [7, 11) is 3.08. The predicted molar refractivity (Wildman–Crippen MR) is 86.8 cm³/mol. The molecule has 7 nitrogen and oxygen atoms in total. The largest absolute Gasteiger partial charge is 0.495 e. The van der Waals surface area contributed by atoms with Crippen LogP contribution in [0.1, 0.15) is 28.4 Å². The van der Waals surface area contributed by atoms with E-state index in [9.17, 15) is 4.79 Å². The summed E-state index contributed by atoms with van der Waals surface area (Å²) in [6.07, 6.45) is 2.02. The average molecular weight is 381 g/mol. The van der Waals surface area contributed by atoms with Gasteiger partial charge in [-0.25, -0.2) is 0 Å². The molecule has 1 aliphatic rings. The first-order valence-electron chi connectivity index (χ1n) is 7.24. The number of hydrogen-bond donors (Lipinski definition) is 1. The third-order valence-electron chi connectivity index (χ3n) is 3.80. The number of carbonyl (C=O) groups excluding carboxylic acids is 1. The van der Waals surface area contributed by atoms with Crippen LogP contribution in [0, 0.1) is 0 Å². The summed E-state index contributed by atoms with van der Waals surface area (Å²) >= 11 is 3.39. The van der Waals surface area contributed by atoms with Crippen LogP contribution in [0.2, 0.25) is 0 Å². The SMILES string of the molecule is COc1cc(C(=O)NCc2nnc3n2CCC3)cc(OC)c1Br. The van der Waals surface area contributed by atoms with Crippen molar-refractivity contribution in [1.82, 2.24) is 20.1 Å². The van der Waals surface area contributed by atoms with E-state index < -0.39 is 0 Å². The highest BCUT2D eigenvalue weighted by atomic mass is 79.9. The van der Waals surface area contributed by atoms with Crippen molar-refractivity contribution in [3.63, 3.8) is 0 Å². The maximum atomic E-state index is 12.4. The van der Waals surface area contributed by atoms with Crippen LogP contribution in [0.15, 0.2) is 16.6 Å². The van der Waals surface area contributed by atoms with Crippen LogP contribution in [0.25, 0.3) is 0 Å². The molecule has 1 aromatic carbocycles. The Morgan fingerprint density at radius 1 is 1.30 bits per heavy atom. The summed E-state index contributed by atoms with van der Waals surface area (Å²) in [4.78, 5) is 12.4. The van der Waals surface area contributed by atoms with E-state index in [-0.39, 0.29) is 5.91 Å². The van der Waals surface area contributed by atoms with Gasteiger partial charge in [0, 0.05) is 18.5 Å². The molecule has 1 N–H and O–H groups in total. The Morgan fingerprint density at radius 3 is 2.65 bits per heavy atom. The maximum Gasteiger partial charge on any atom is 0.251 e. The Bertz CT molecular complexity index is 719. The van der Waals surface area contributed by atoms with E-state index in [0.29, 0.717) is 28.1 Å². The van der Waals surface area contributed by atoms with Crippen molar-refractivity contribution in [2.24, 2.45) is 0 Å². The van der Waals surface area contributed by atoms with Crippen LogP contribution in [0.4, 0.5) is 0 Å². The summed E-state index contributed by atoms with van der Waals surface area (Å²) in [5.41, 5.74) is 0.461. The fraction of sp³-hybridized carbons (Fsp3) is 0.400. The molecule has 0 radical (unpaired) electrons. The topological polar surface area (TPSA) is 78.3 Å². The van der Waals surface area contributed by atoms with Crippen LogP contribution in [0.5, 0.6) is 11.5 Å². The van der Waals surface area contributed by atoms with Crippen molar-refractivity contribution in [3.8, 4) is 11.5 Å². The molecule has 0 atom stereocenters. The number of aromatic nitrogens is 3. The van der Waals surface area contributed by atoms with Gasteiger partial charge in [0.05, 0.1) is 20.8 Å². The molecule has 0 unspecified atom stereocenters. The van der Waals surface area contributed by atoms with Crippen molar-refractivity contribution in [2.75, 3.05) is 14.2 Å². The number of ether oxygens (including phenoxy) is 2. The number of aryl methyl sites for hydroxylation is 1. The van der Waals surface area contributed by atoms with Crippen molar-refractivity contribution in [2.45, 2.75) is 25.9 Å². The third kappa shape index (κ3) is 3.03. The lowest BCUT2D eigenvalue weighted by molar-refractivity contribution is 0.0948. The van der Waals surface area contributed by atoms with Crippen molar-refractivity contribution < 1.29 is 14.3 Å². The first kappa shape index (κ1) is 15.8. The molecule has 2 aromatic rings. The quantitative estimate of drug-likeness (QED) is 0.857. The Hall–Kier alpha value is -2.09. The highest BCUT2D eigenvalue weighted by molar-refractivity contribution is 9.10. The lowest BCUT2D eigenvalue weighted by Gasteiger charge is -2.11. The summed E-state index contributed by atoms with van der Waals surface area (Å²) < 4.78 is 13.2. The molecule has 0 aliphatic carbocycles. The van der Waals surface area contributed by atoms with Gasteiger partial charge in [0.25, 0.3) is 5.91 Å². The molecule has 3 rings (SSSR count). The number of amides is 1. The third-order valence-corrected chi connectivity index (χ3v) is 4.58.